The van der Waals surface area contributed by atoms with Gasteiger partial charge in [0.05, 0.1) is 38.4 Å². The number of hydrogen-bond donors (Lipinski definition) is 1. The van der Waals surface area contributed by atoms with Crippen molar-refractivity contribution in [2.75, 3.05) is 19.8 Å². The fourth-order valence-corrected chi connectivity index (χ4v) is 4.60. The number of benzene rings is 2. The van der Waals surface area contributed by atoms with Crippen molar-refractivity contribution in [3.05, 3.63) is 95.8 Å². The smallest absolute Gasteiger partial charge is 0.417 e. The molecular formula is C31H35NO8. The number of carbonyl (C=O) groups is 3. The van der Waals surface area contributed by atoms with Gasteiger partial charge in [0.2, 0.25) is 5.91 Å². The van der Waals surface area contributed by atoms with E-state index in [9.17, 15) is 19.5 Å². The van der Waals surface area contributed by atoms with Gasteiger partial charge in [0.15, 0.2) is 11.9 Å². The minimum absolute atomic E-state index is 0.162. The Morgan fingerprint density at radius 2 is 1.75 bits per heavy atom. The van der Waals surface area contributed by atoms with Crippen molar-refractivity contribution < 1.29 is 38.4 Å². The third-order valence-electron chi connectivity index (χ3n) is 6.88. The number of aliphatic hydroxyl groups is 1. The Balaban J connectivity index is 1.26. The lowest BCUT2D eigenvalue weighted by Crippen LogP contribution is -2.47. The van der Waals surface area contributed by atoms with E-state index in [1.54, 1.807) is 26.0 Å². The van der Waals surface area contributed by atoms with Gasteiger partial charge in [-0.25, -0.2) is 9.69 Å². The normalized spacial score (nSPS) is 23.1. The molecule has 2 aromatic carbocycles. The van der Waals surface area contributed by atoms with E-state index < -0.39 is 42.3 Å². The average Bonchev–Trinajstić information content (AvgIpc) is 3.28. The standard InChI is InChI=1S/C31H35NO8/c1-21(30(35)32-22(2)29(40-31(32)36)24-12-7-4-8-13-24)28-27(34)16-15-25(39-28)14-9-17-37-20-26(18-33)38-19-23-10-5-3-6-11-23/h3-8,10-16,21-22,26,28-29,33H,9,17-20H2,1-2H3/t21-,22-,26-,28+,29-/m1/s1. The zero-order valence-corrected chi connectivity index (χ0v) is 22.7. The fourth-order valence-electron chi connectivity index (χ4n) is 4.60. The van der Waals surface area contributed by atoms with Gasteiger partial charge in [0, 0.05) is 0 Å². The first-order chi connectivity index (χ1) is 19.4. The van der Waals surface area contributed by atoms with Gasteiger partial charge in [-0.2, -0.15) is 0 Å². The zero-order valence-electron chi connectivity index (χ0n) is 22.7. The molecule has 4 rings (SSSR count). The number of imide groups is 1. The van der Waals surface area contributed by atoms with E-state index in [0.29, 0.717) is 25.4 Å². The lowest BCUT2D eigenvalue weighted by atomic mass is 9.95. The van der Waals surface area contributed by atoms with Crippen LogP contribution < -0.4 is 0 Å². The first-order valence-corrected chi connectivity index (χ1v) is 13.4. The highest BCUT2D eigenvalue weighted by molar-refractivity contribution is 6.01. The molecular weight excluding hydrogens is 514 g/mol. The lowest BCUT2D eigenvalue weighted by molar-refractivity contribution is -0.142. The number of amides is 2. The molecule has 0 unspecified atom stereocenters. The Labute approximate surface area is 234 Å². The predicted octanol–water partition coefficient (Wildman–Crippen LogP) is 4.12. The van der Waals surface area contributed by atoms with Gasteiger partial charge >= 0.3 is 6.09 Å². The molecule has 0 saturated carbocycles. The molecule has 2 aromatic rings. The Morgan fingerprint density at radius 3 is 2.45 bits per heavy atom. The Hall–Kier alpha value is -3.79. The van der Waals surface area contributed by atoms with Crippen LogP contribution in [0.25, 0.3) is 0 Å². The molecule has 2 aliphatic heterocycles. The molecule has 212 valence electrons. The molecule has 9 nitrogen and oxygen atoms in total. The number of rotatable bonds is 12. The molecule has 0 aliphatic carbocycles. The second-order valence-corrected chi connectivity index (χ2v) is 9.80. The van der Waals surface area contributed by atoms with Crippen LogP contribution in [0.1, 0.15) is 37.5 Å². The largest absolute Gasteiger partial charge is 0.482 e. The average molecular weight is 550 g/mol. The van der Waals surface area contributed by atoms with Crippen molar-refractivity contribution in [2.24, 2.45) is 5.92 Å². The Morgan fingerprint density at radius 1 is 1.05 bits per heavy atom. The third-order valence-corrected chi connectivity index (χ3v) is 6.88. The van der Waals surface area contributed by atoms with Crippen LogP contribution in [-0.2, 0) is 35.1 Å². The SMILES string of the molecule is C[C@@H]1[C@H](c2ccccc2)OC(=O)N1C(=O)[C@H](C)[C@@H]1OC(=CCCOC[C@@H](CO)OCc2ccccc2)C=CC1=O. The number of aliphatic hydroxyl groups excluding tert-OH is 1. The van der Waals surface area contributed by atoms with Crippen LogP contribution in [0.15, 0.2) is 84.7 Å². The molecule has 2 amide bonds. The van der Waals surface area contributed by atoms with Crippen LogP contribution in [0.4, 0.5) is 4.79 Å². The number of nitrogens with zero attached hydrogens (tertiary/aromatic N) is 1. The van der Waals surface area contributed by atoms with E-state index in [2.05, 4.69) is 0 Å². The number of cyclic esters (lactones) is 1. The van der Waals surface area contributed by atoms with Gasteiger partial charge < -0.3 is 24.1 Å². The number of ether oxygens (including phenoxy) is 4. The van der Waals surface area contributed by atoms with Crippen molar-refractivity contribution in [3.63, 3.8) is 0 Å². The Kier molecular flexibility index (Phi) is 10.2. The van der Waals surface area contributed by atoms with E-state index in [-0.39, 0.29) is 19.0 Å². The summed E-state index contributed by atoms with van der Waals surface area (Å²) >= 11 is 0. The summed E-state index contributed by atoms with van der Waals surface area (Å²) in [6.45, 7) is 4.11. The van der Waals surface area contributed by atoms with E-state index in [1.165, 1.54) is 6.08 Å². The van der Waals surface area contributed by atoms with Crippen LogP contribution in [-0.4, -0.2) is 65.9 Å². The molecule has 5 atom stereocenters. The van der Waals surface area contributed by atoms with Crippen LogP contribution in [0.2, 0.25) is 0 Å². The molecule has 0 bridgehead atoms. The molecule has 40 heavy (non-hydrogen) atoms. The highest BCUT2D eigenvalue weighted by Crippen LogP contribution is 2.34. The monoisotopic (exact) mass is 549 g/mol. The number of hydrogen-bond acceptors (Lipinski definition) is 8. The topological polar surface area (TPSA) is 112 Å². The third kappa shape index (κ3) is 7.24. The van der Waals surface area contributed by atoms with E-state index >= 15 is 0 Å². The summed E-state index contributed by atoms with van der Waals surface area (Å²) in [5.74, 6) is -1.35. The van der Waals surface area contributed by atoms with E-state index in [1.807, 2.05) is 60.7 Å². The van der Waals surface area contributed by atoms with Crippen molar-refractivity contribution in [2.45, 2.75) is 51.2 Å². The van der Waals surface area contributed by atoms with E-state index in [4.69, 9.17) is 18.9 Å². The molecule has 0 spiro atoms. The number of ketones is 1. The molecule has 0 aromatic heterocycles. The van der Waals surface area contributed by atoms with Crippen LogP contribution in [0, 0.1) is 5.92 Å². The summed E-state index contributed by atoms with van der Waals surface area (Å²) < 4.78 is 22.7. The summed E-state index contributed by atoms with van der Waals surface area (Å²) in [5, 5.41) is 9.56. The van der Waals surface area contributed by atoms with Crippen LogP contribution in [0.3, 0.4) is 0 Å². The minimum Gasteiger partial charge on any atom is -0.482 e. The number of allylic oxidation sites excluding steroid dienone is 1. The molecule has 1 fully saturated rings. The number of carbonyl (C=O) groups excluding carboxylic acids is 3. The maximum Gasteiger partial charge on any atom is 0.417 e. The molecule has 0 radical (unpaired) electrons. The Bertz CT molecular complexity index is 1210. The zero-order chi connectivity index (χ0) is 28.5. The minimum atomic E-state index is -1.06. The fraction of sp³-hybridized carbons (Fsp3) is 0.387. The highest BCUT2D eigenvalue weighted by Gasteiger charge is 2.47. The second-order valence-electron chi connectivity index (χ2n) is 9.80. The quantitative estimate of drug-likeness (QED) is 0.394. The van der Waals surface area contributed by atoms with Gasteiger partial charge in [-0.05, 0) is 49.6 Å². The van der Waals surface area contributed by atoms with Gasteiger partial charge in [-0.15, -0.1) is 0 Å². The first-order valence-electron chi connectivity index (χ1n) is 13.4. The summed E-state index contributed by atoms with van der Waals surface area (Å²) in [5.41, 5.74) is 1.80. The predicted molar refractivity (Wildman–Crippen MR) is 146 cm³/mol. The lowest BCUT2D eigenvalue weighted by Gasteiger charge is -2.28. The van der Waals surface area contributed by atoms with Crippen molar-refractivity contribution >= 4 is 17.8 Å². The second kappa shape index (κ2) is 14.0. The summed E-state index contributed by atoms with van der Waals surface area (Å²) in [6.07, 6.45) is 2.34. The maximum atomic E-state index is 13.3. The first kappa shape index (κ1) is 29.2. The van der Waals surface area contributed by atoms with Crippen molar-refractivity contribution in [1.29, 1.82) is 0 Å². The van der Waals surface area contributed by atoms with Gasteiger partial charge in [0.1, 0.15) is 18.0 Å². The van der Waals surface area contributed by atoms with Crippen LogP contribution in [0.5, 0.6) is 0 Å². The van der Waals surface area contributed by atoms with Crippen LogP contribution >= 0.6 is 0 Å². The van der Waals surface area contributed by atoms with Gasteiger partial charge in [-0.3, -0.25) is 9.59 Å². The maximum absolute atomic E-state index is 13.3. The highest BCUT2D eigenvalue weighted by atomic mass is 16.6. The van der Waals surface area contributed by atoms with Crippen molar-refractivity contribution in [3.8, 4) is 0 Å². The van der Waals surface area contributed by atoms with Gasteiger partial charge in [0.25, 0.3) is 0 Å². The summed E-state index contributed by atoms with van der Waals surface area (Å²) in [6, 6.07) is 18.4. The van der Waals surface area contributed by atoms with E-state index in [0.717, 1.165) is 16.0 Å². The molecule has 2 heterocycles. The molecule has 9 heteroatoms. The summed E-state index contributed by atoms with van der Waals surface area (Å²) in [7, 11) is 0. The molecule has 1 N–H and O–H groups in total. The van der Waals surface area contributed by atoms with Gasteiger partial charge in [-0.1, -0.05) is 60.7 Å². The molecule has 1 saturated heterocycles. The molecule has 2 aliphatic rings. The van der Waals surface area contributed by atoms with Crippen molar-refractivity contribution in [1.82, 2.24) is 4.90 Å². The summed E-state index contributed by atoms with van der Waals surface area (Å²) in [4.78, 5) is 39.6.